The fourth-order valence-electron chi connectivity index (χ4n) is 3.43. The summed E-state index contributed by atoms with van der Waals surface area (Å²) in [6.45, 7) is 0. The van der Waals surface area contributed by atoms with Crippen molar-refractivity contribution in [1.82, 2.24) is 19.6 Å². The van der Waals surface area contributed by atoms with E-state index in [-0.39, 0.29) is 28.8 Å². The number of carbonyl (C=O) groups excluding carboxylic acids is 1. The number of nitrogen functional groups attached to an aromatic ring is 1. The second-order valence-corrected chi connectivity index (χ2v) is 7.46. The van der Waals surface area contributed by atoms with Gasteiger partial charge in [-0.15, -0.1) is 0 Å². The number of rotatable bonds is 6. The molecule has 10 heteroatoms. The predicted octanol–water partition coefficient (Wildman–Crippen LogP) is 4.57. The van der Waals surface area contributed by atoms with Crippen LogP contribution in [0.25, 0.3) is 16.9 Å². The third kappa shape index (κ3) is 4.58. The number of fused-ring (bicyclic) bond motifs is 1. The second kappa shape index (κ2) is 9.10. The van der Waals surface area contributed by atoms with Gasteiger partial charge in [-0.2, -0.15) is 9.61 Å². The Morgan fingerprint density at radius 2 is 1.86 bits per heavy atom. The molecular formula is C25H19FN6O3. The van der Waals surface area contributed by atoms with Gasteiger partial charge in [0.25, 0.3) is 5.91 Å². The lowest BCUT2D eigenvalue weighted by molar-refractivity contribution is 0.102. The van der Waals surface area contributed by atoms with E-state index in [1.54, 1.807) is 31.4 Å². The topological polar surface area (TPSA) is 117 Å². The number of nitrogens with zero attached hydrogens (tertiary/aromatic N) is 4. The first-order valence-electron chi connectivity index (χ1n) is 10.5. The van der Waals surface area contributed by atoms with Crippen molar-refractivity contribution in [2.75, 3.05) is 18.2 Å². The van der Waals surface area contributed by atoms with Crippen LogP contribution in [0.1, 0.15) is 10.5 Å². The summed E-state index contributed by atoms with van der Waals surface area (Å²) in [6, 6.07) is 19.6. The van der Waals surface area contributed by atoms with Crippen LogP contribution in [-0.4, -0.2) is 32.6 Å². The van der Waals surface area contributed by atoms with Crippen LogP contribution in [0.3, 0.4) is 0 Å². The maximum Gasteiger partial charge on any atom is 0.274 e. The smallest absolute Gasteiger partial charge is 0.274 e. The van der Waals surface area contributed by atoms with Crippen molar-refractivity contribution in [3.05, 3.63) is 90.5 Å². The molecule has 2 aromatic carbocycles. The Labute approximate surface area is 199 Å². The normalized spacial score (nSPS) is 10.8. The largest absolute Gasteiger partial charge is 0.497 e. The third-order valence-electron chi connectivity index (χ3n) is 5.12. The van der Waals surface area contributed by atoms with E-state index in [4.69, 9.17) is 15.2 Å². The van der Waals surface area contributed by atoms with Crippen molar-refractivity contribution in [1.29, 1.82) is 0 Å². The summed E-state index contributed by atoms with van der Waals surface area (Å²) in [7, 11) is 1.59. The van der Waals surface area contributed by atoms with Gasteiger partial charge in [0.05, 0.1) is 19.0 Å². The summed E-state index contributed by atoms with van der Waals surface area (Å²) in [5.74, 6) is -0.0926. The van der Waals surface area contributed by atoms with Gasteiger partial charge >= 0.3 is 0 Å². The van der Waals surface area contributed by atoms with E-state index in [1.165, 1.54) is 28.9 Å². The molecule has 0 aliphatic rings. The van der Waals surface area contributed by atoms with Crippen LogP contribution < -0.4 is 20.5 Å². The summed E-state index contributed by atoms with van der Waals surface area (Å²) in [6.07, 6.45) is 1.53. The molecule has 0 aliphatic heterocycles. The highest BCUT2D eigenvalue weighted by molar-refractivity contribution is 6.03. The van der Waals surface area contributed by atoms with Crippen molar-refractivity contribution in [3.63, 3.8) is 0 Å². The Morgan fingerprint density at radius 3 is 2.63 bits per heavy atom. The highest BCUT2D eigenvalue weighted by Crippen LogP contribution is 2.28. The standard InChI is InChI=1S/C25H19FN6O3/c1-34-17-8-5-15(6-9-17)19-3-2-4-20(30-19)25(33)29-16-7-10-21(18(26)13-16)35-24-14-22(27)31-23-11-12-28-32(23)24/h2-14H,1H3,(H2,27,31)(H,29,33). The Balaban J connectivity index is 1.33. The number of anilines is 2. The zero-order valence-corrected chi connectivity index (χ0v) is 18.5. The molecule has 0 bridgehead atoms. The summed E-state index contributed by atoms with van der Waals surface area (Å²) in [5.41, 5.74) is 8.14. The first-order valence-corrected chi connectivity index (χ1v) is 10.5. The summed E-state index contributed by atoms with van der Waals surface area (Å²) < 4.78 is 27.0. The van der Waals surface area contributed by atoms with Gasteiger partial charge in [-0.05, 0) is 48.5 Å². The zero-order valence-electron chi connectivity index (χ0n) is 18.5. The van der Waals surface area contributed by atoms with Crippen LogP contribution in [0.2, 0.25) is 0 Å². The zero-order chi connectivity index (χ0) is 24.4. The first kappa shape index (κ1) is 21.8. The Bertz CT molecular complexity index is 1530. The average molecular weight is 470 g/mol. The van der Waals surface area contributed by atoms with Gasteiger partial charge in [0.2, 0.25) is 5.88 Å². The molecule has 0 fully saturated rings. The molecule has 35 heavy (non-hydrogen) atoms. The van der Waals surface area contributed by atoms with E-state index in [2.05, 4.69) is 20.4 Å². The van der Waals surface area contributed by atoms with Gasteiger partial charge in [0.15, 0.2) is 17.2 Å². The fourth-order valence-corrected chi connectivity index (χ4v) is 3.43. The van der Waals surface area contributed by atoms with Gasteiger partial charge in [-0.25, -0.2) is 14.4 Å². The molecule has 0 unspecified atom stereocenters. The lowest BCUT2D eigenvalue weighted by Crippen LogP contribution is -2.14. The molecule has 0 radical (unpaired) electrons. The van der Waals surface area contributed by atoms with E-state index in [0.29, 0.717) is 11.3 Å². The average Bonchev–Trinajstić information content (AvgIpc) is 3.34. The van der Waals surface area contributed by atoms with Gasteiger partial charge in [-0.1, -0.05) is 6.07 Å². The maximum atomic E-state index is 14.8. The summed E-state index contributed by atoms with van der Waals surface area (Å²) >= 11 is 0. The SMILES string of the molecule is COc1ccc(-c2cccc(C(=O)Nc3ccc(Oc4cc(N)nc5ccnn45)c(F)c3)n2)cc1. The molecule has 3 aromatic heterocycles. The highest BCUT2D eigenvalue weighted by Gasteiger charge is 2.14. The minimum Gasteiger partial charge on any atom is -0.497 e. The van der Waals surface area contributed by atoms with E-state index >= 15 is 0 Å². The van der Waals surface area contributed by atoms with Crippen molar-refractivity contribution >= 4 is 23.1 Å². The van der Waals surface area contributed by atoms with Crippen molar-refractivity contribution in [3.8, 4) is 28.6 Å². The summed E-state index contributed by atoms with van der Waals surface area (Å²) in [4.78, 5) is 21.3. The lowest BCUT2D eigenvalue weighted by atomic mass is 10.1. The minimum absolute atomic E-state index is 0.0648. The number of benzene rings is 2. The van der Waals surface area contributed by atoms with E-state index in [1.807, 2.05) is 24.3 Å². The summed E-state index contributed by atoms with van der Waals surface area (Å²) in [5, 5.41) is 6.75. The van der Waals surface area contributed by atoms with Gasteiger partial charge in [0, 0.05) is 29.4 Å². The number of nitrogens with one attached hydrogen (secondary N) is 1. The lowest BCUT2D eigenvalue weighted by Gasteiger charge is -2.11. The van der Waals surface area contributed by atoms with E-state index < -0.39 is 11.7 Å². The number of amides is 1. The van der Waals surface area contributed by atoms with Crippen molar-refractivity contribution in [2.45, 2.75) is 0 Å². The van der Waals surface area contributed by atoms with Crippen LogP contribution >= 0.6 is 0 Å². The Morgan fingerprint density at radius 1 is 1.03 bits per heavy atom. The van der Waals surface area contributed by atoms with Gasteiger partial charge in [0.1, 0.15) is 17.3 Å². The van der Waals surface area contributed by atoms with Crippen LogP contribution in [0.5, 0.6) is 17.4 Å². The maximum absolute atomic E-state index is 14.8. The number of hydrogen-bond donors (Lipinski definition) is 2. The van der Waals surface area contributed by atoms with E-state index in [9.17, 15) is 9.18 Å². The van der Waals surface area contributed by atoms with Crippen LogP contribution in [0, 0.1) is 5.82 Å². The molecule has 3 N–H and O–H groups in total. The molecule has 9 nitrogen and oxygen atoms in total. The number of nitrogens with two attached hydrogens (primary N) is 1. The number of aromatic nitrogens is 4. The number of methoxy groups -OCH3 is 1. The molecule has 3 heterocycles. The number of carbonyl (C=O) groups is 1. The first-order chi connectivity index (χ1) is 17.0. The molecule has 174 valence electrons. The number of halogens is 1. The fraction of sp³-hybridized carbons (Fsp3) is 0.0400. The highest BCUT2D eigenvalue weighted by atomic mass is 19.1. The minimum atomic E-state index is -0.682. The predicted molar refractivity (Wildman–Crippen MR) is 128 cm³/mol. The molecule has 0 spiro atoms. The molecule has 5 aromatic rings. The molecule has 0 saturated heterocycles. The number of hydrogen-bond acceptors (Lipinski definition) is 7. The van der Waals surface area contributed by atoms with Crippen LogP contribution in [0.4, 0.5) is 15.9 Å². The number of ether oxygens (including phenoxy) is 2. The third-order valence-corrected chi connectivity index (χ3v) is 5.12. The van der Waals surface area contributed by atoms with Crippen molar-refractivity contribution in [2.24, 2.45) is 0 Å². The molecule has 0 saturated carbocycles. The molecule has 0 atom stereocenters. The molecule has 0 aliphatic carbocycles. The van der Waals surface area contributed by atoms with Crippen molar-refractivity contribution < 1.29 is 18.7 Å². The van der Waals surface area contributed by atoms with Crippen LogP contribution in [-0.2, 0) is 0 Å². The quantitative estimate of drug-likeness (QED) is 0.373. The monoisotopic (exact) mass is 470 g/mol. The Hall–Kier alpha value is -4.99. The Kier molecular flexibility index (Phi) is 5.68. The van der Waals surface area contributed by atoms with Gasteiger partial charge in [-0.3, -0.25) is 4.79 Å². The van der Waals surface area contributed by atoms with Crippen LogP contribution in [0.15, 0.2) is 79.0 Å². The van der Waals surface area contributed by atoms with Gasteiger partial charge < -0.3 is 20.5 Å². The molecule has 1 amide bonds. The molecular weight excluding hydrogens is 451 g/mol. The second-order valence-electron chi connectivity index (χ2n) is 7.46. The molecule has 5 rings (SSSR count). The van der Waals surface area contributed by atoms with E-state index in [0.717, 1.165) is 17.4 Å². The number of pyridine rings is 1.